The first kappa shape index (κ1) is 11.5. The molecule has 1 aromatic heterocycles. The van der Waals surface area contributed by atoms with Gasteiger partial charge in [0.05, 0.1) is 5.56 Å². The Hall–Kier alpha value is -1.58. The van der Waals surface area contributed by atoms with Crippen LogP contribution in [-0.4, -0.2) is 16.9 Å². The molecular weight excluding hydrogens is 190 g/mol. The smallest absolute Gasteiger partial charge is 0.250 e. The van der Waals surface area contributed by atoms with Crippen molar-refractivity contribution in [1.29, 1.82) is 0 Å². The number of amides is 1. The first-order valence-electron chi connectivity index (χ1n) is 5.03. The second-order valence-corrected chi connectivity index (χ2v) is 3.97. The number of carbonyl (C=O) groups excluding carboxylic acids is 1. The number of rotatable bonds is 4. The molecule has 0 aliphatic carbocycles. The summed E-state index contributed by atoms with van der Waals surface area (Å²) in [6, 6.07) is 3.78. The summed E-state index contributed by atoms with van der Waals surface area (Å²) in [5.74, 6) is 0.842. The average Bonchev–Trinajstić information content (AvgIpc) is 2.18. The van der Waals surface area contributed by atoms with Crippen molar-refractivity contribution in [2.45, 2.75) is 26.8 Å². The van der Waals surface area contributed by atoms with Gasteiger partial charge in [0.15, 0.2) is 0 Å². The molecule has 1 aromatic rings. The highest BCUT2D eigenvalue weighted by Crippen LogP contribution is 2.10. The van der Waals surface area contributed by atoms with Crippen LogP contribution in [0.2, 0.25) is 0 Å². The lowest BCUT2D eigenvalue weighted by atomic mass is 10.1. The summed E-state index contributed by atoms with van der Waals surface area (Å²) < 4.78 is 0. The number of nitrogens with one attached hydrogen (secondary N) is 1. The molecule has 4 heteroatoms. The molecule has 4 nitrogen and oxygen atoms in total. The molecule has 0 saturated carbocycles. The Balaban J connectivity index is 2.68. The maximum absolute atomic E-state index is 10.8. The van der Waals surface area contributed by atoms with Crippen LogP contribution in [0.5, 0.6) is 0 Å². The van der Waals surface area contributed by atoms with Crippen molar-refractivity contribution in [3.63, 3.8) is 0 Å². The highest BCUT2D eigenvalue weighted by atomic mass is 16.1. The van der Waals surface area contributed by atoms with Gasteiger partial charge in [-0.3, -0.25) is 4.79 Å². The fourth-order valence-corrected chi connectivity index (χ4v) is 1.02. The van der Waals surface area contributed by atoms with Crippen molar-refractivity contribution in [3.8, 4) is 0 Å². The molecule has 1 rings (SSSR count). The SMILES string of the molecule is CC(C)C(C)Nc1ccc(C(N)=O)cn1. The van der Waals surface area contributed by atoms with Gasteiger partial charge in [-0.05, 0) is 25.0 Å². The zero-order chi connectivity index (χ0) is 11.4. The molecule has 0 bridgehead atoms. The van der Waals surface area contributed by atoms with E-state index in [0.29, 0.717) is 17.5 Å². The second-order valence-electron chi connectivity index (χ2n) is 3.97. The van der Waals surface area contributed by atoms with E-state index in [2.05, 4.69) is 31.1 Å². The fraction of sp³-hybridized carbons (Fsp3) is 0.455. The molecule has 1 atom stereocenters. The standard InChI is InChI=1S/C11H17N3O/c1-7(2)8(3)14-10-5-4-9(6-13-10)11(12)15/h4-8H,1-3H3,(H2,12,15)(H,13,14). The second kappa shape index (κ2) is 4.77. The number of nitrogens with two attached hydrogens (primary N) is 1. The molecule has 1 unspecified atom stereocenters. The molecule has 0 aliphatic heterocycles. The highest BCUT2D eigenvalue weighted by Gasteiger charge is 2.07. The molecular formula is C11H17N3O. The van der Waals surface area contributed by atoms with Crippen molar-refractivity contribution in [3.05, 3.63) is 23.9 Å². The van der Waals surface area contributed by atoms with Crippen LogP contribution in [0.25, 0.3) is 0 Å². The van der Waals surface area contributed by atoms with E-state index in [4.69, 9.17) is 5.73 Å². The van der Waals surface area contributed by atoms with Gasteiger partial charge in [0.1, 0.15) is 5.82 Å². The van der Waals surface area contributed by atoms with Gasteiger partial charge < -0.3 is 11.1 Å². The number of pyridine rings is 1. The van der Waals surface area contributed by atoms with Crippen molar-refractivity contribution in [1.82, 2.24) is 4.98 Å². The zero-order valence-corrected chi connectivity index (χ0v) is 9.32. The minimum absolute atomic E-state index is 0.344. The monoisotopic (exact) mass is 207 g/mol. The molecule has 3 N–H and O–H groups in total. The molecule has 82 valence electrons. The molecule has 0 aromatic carbocycles. The number of hydrogen-bond acceptors (Lipinski definition) is 3. The summed E-state index contributed by atoms with van der Waals surface area (Å²) >= 11 is 0. The number of hydrogen-bond donors (Lipinski definition) is 2. The van der Waals surface area contributed by atoms with Crippen LogP contribution in [0, 0.1) is 5.92 Å². The number of primary amides is 1. The predicted octanol–water partition coefficient (Wildman–Crippen LogP) is 1.64. The largest absolute Gasteiger partial charge is 0.367 e. The molecule has 0 fully saturated rings. The van der Waals surface area contributed by atoms with Gasteiger partial charge in [0.2, 0.25) is 5.91 Å². The lowest BCUT2D eigenvalue weighted by Gasteiger charge is -2.17. The van der Waals surface area contributed by atoms with E-state index in [1.807, 2.05) is 0 Å². The van der Waals surface area contributed by atoms with Crippen molar-refractivity contribution in [2.24, 2.45) is 11.7 Å². The third-order valence-corrected chi connectivity index (χ3v) is 2.42. The Labute approximate surface area is 89.9 Å². The summed E-state index contributed by atoms with van der Waals surface area (Å²) in [7, 11) is 0. The molecule has 15 heavy (non-hydrogen) atoms. The van der Waals surface area contributed by atoms with Crippen molar-refractivity contribution in [2.75, 3.05) is 5.32 Å². The van der Waals surface area contributed by atoms with Gasteiger partial charge in [0.25, 0.3) is 0 Å². The summed E-state index contributed by atoms with van der Waals surface area (Å²) in [4.78, 5) is 14.9. The van der Waals surface area contributed by atoms with Gasteiger partial charge in [-0.25, -0.2) is 4.98 Å². The third-order valence-electron chi connectivity index (χ3n) is 2.42. The molecule has 0 saturated heterocycles. The Morgan fingerprint density at radius 3 is 2.47 bits per heavy atom. The van der Waals surface area contributed by atoms with Gasteiger partial charge in [-0.1, -0.05) is 13.8 Å². The maximum Gasteiger partial charge on any atom is 0.250 e. The first-order chi connectivity index (χ1) is 7.00. The summed E-state index contributed by atoms with van der Waals surface area (Å²) in [6.07, 6.45) is 1.48. The Bertz CT molecular complexity index is 332. The van der Waals surface area contributed by atoms with Gasteiger partial charge in [-0.2, -0.15) is 0 Å². The summed E-state index contributed by atoms with van der Waals surface area (Å²) in [5.41, 5.74) is 5.54. The van der Waals surface area contributed by atoms with Crippen LogP contribution in [0.3, 0.4) is 0 Å². The predicted molar refractivity (Wildman–Crippen MR) is 60.7 cm³/mol. The topological polar surface area (TPSA) is 68.0 Å². The van der Waals surface area contributed by atoms with E-state index >= 15 is 0 Å². The van der Waals surface area contributed by atoms with Crippen molar-refractivity contribution >= 4 is 11.7 Å². The van der Waals surface area contributed by atoms with Gasteiger partial charge in [-0.15, -0.1) is 0 Å². The number of carbonyl (C=O) groups is 1. The van der Waals surface area contributed by atoms with Crippen LogP contribution in [0.1, 0.15) is 31.1 Å². The van der Waals surface area contributed by atoms with E-state index in [1.165, 1.54) is 6.20 Å². The van der Waals surface area contributed by atoms with Gasteiger partial charge >= 0.3 is 0 Å². The van der Waals surface area contributed by atoms with Crippen LogP contribution < -0.4 is 11.1 Å². The van der Waals surface area contributed by atoms with Crippen LogP contribution >= 0.6 is 0 Å². The molecule has 0 spiro atoms. The summed E-state index contributed by atoms with van der Waals surface area (Å²) in [5, 5.41) is 3.24. The number of aromatic nitrogens is 1. The molecule has 1 amide bonds. The lowest BCUT2D eigenvalue weighted by Crippen LogP contribution is -2.22. The van der Waals surface area contributed by atoms with Crippen LogP contribution in [0.4, 0.5) is 5.82 Å². The number of nitrogens with zero attached hydrogens (tertiary/aromatic N) is 1. The zero-order valence-electron chi connectivity index (χ0n) is 9.32. The molecule has 1 heterocycles. The average molecular weight is 207 g/mol. The van der Waals surface area contributed by atoms with Gasteiger partial charge in [0, 0.05) is 12.2 Å². The maximum atomic E-state index is 10.8. The van der Waals surface area contributed by atoms with E-state index in [0.717, 1.165) is 5.82 Å². The minimum Gasteiger partial charge on any atom is -0.367 e. The van der Waals surface area contributed by atoms with Crippen LogP contribution in [-0.2, 0) is 0 Å². The molecule has 0 radical (unpaired) electrons. The normalized spacial score (nSPS) is 12.5. The van der Waals surface area contributed by atoms with Crippen molar-refractivity contribution < 1.29 is 4.79 Å². The Kier molecular flexibility index (Phi) is 3.66. The highest BCUT2D eigenvalue weighted by molar-refractivity contribution is 5.92. The summed E-state index contributed by atoms with van der Waals surface area (Å²) in [6.45, 7) is 6.36. The van der Waals surface area contributed by atoms with E-state index in [-0.39, 0.29) is 0 Å². The minimum atomic E-state index is -0.453. The third kappa shape index (κ3) is 3.23. The van der Waals surface area contributed by atoms with E-state index in [9.17, 15) is 4.79 Å². The van der Waals surface area contributed by atoms with Crippen LogP contribution in [0.15, 0.2) is 18.3 Å². The Morgan fingerprint density at radius 1 is 1.40 bits per heavy atom. The first-order valence-corrected chi connectivity index (χ1v) is 5.03. The lowest BCUT2D eigenvalue weighted by molar-refractivity contribution is 0.1000. The quantitative estimate of drug-likeness (QED) is 0.788. The van der Waals surface area contributed by atoms with E-state index < -0.39 is 5.91 Å². The Morgan fingerprint density at radius 2 is 2.07 bits per heavy atom. The fourth-order valence-electron chi connectivity index (χ4n) is 1.02. The molecule has 0 aliphatic rings. The number of anilines is 1. The van der Waals surface area contributed by atoms with E-state index in [1.54, 1.807) is 12.1 Å².